The second kappa shape index (κ2) is 3.34. The fourth-order valence-electron chi connectivity index (χ4n) is 1.34. The van der Waals surface area contributed by atoms with E-state index in [1.807, 2.05) is 0 Å². The lowest BCUT2D eigenvalue weighted by atomic mass is 10.3. The van der Waals surface area contributed by atoms with E-state index in [0.29, 0.717) is 17.6 Å². The Morgan fingerprint density at radius 3 is 2.71 bits per heavy atom. The van der Waals surface area contributed by atoms with Crippen molar-refractivity contribution >= 4 is 11.0 Å². The van der Waals surface area contributed by atoms with Gasteiger partial charge in [0.2, 0.25) is 0 Å². The fourth-order valence-corrected chi connectivity index (χ4v) is 1.34. The van der Waals surface area contributed by atoms with E-state index in [1.54, 1.807) is 4.57 Å². The van der Waals surface area contributed by atoms with Gasteiger partial charge in [-0.2, -0.15) is 0 Å². The normalized spacial score (nSPS) is 11.1. The molecule has 14 heavy (non-hydrogen) atoms. The van der Waals surface area contributed by atoms with E-state index in [9.17, 15) is 8.78 Å². The molecule has 0 radical (unpaired) electrons. The zero-order valence-electron chi connectivity index (χ0n) is 7.24. The summed E-state index contributed by atoms with van der Waals surface area (Å²) >= 11 is 0. The van der Waals surface area contributed by atoms with Crippen LogP contribution in [0.4, 0.5) is 8.78 Å². The average Bonchev–Trinajstić information content (AvgIpc) is 2.51. The first kappa shape index (κ1) is 9.08. The minimum absolute atomic E-state index is 0.0650. The van der Waals surface area contributed by atoms with Gasteiger partial charge < -0.3 is 9.67 Å². The van der Waals surface area contributed by atoms with Crippen LogP contribution in [0, 0.1) is 11.6 Å². The van der Waals surface area contributed by atoms with Crippen molar-refractivity contribution in [3.63, 3.8) is 0 Å². The monoisotopic (exact) mass is 198 g/mol. The number of aliphatic hydroxyl groups excluding tert-OH is 1. The van der Waals surface area contributed by atoms with Gasteiger partial charge in [-0.05, 0) is 0 Å². The Kier molecular flexibility index (Phi) is 2.17. The number of nitrogens with zero attached hydrogens (tertiary/aromatic N) is 2. The van der Waals surface area contributed by atoms with E-state index in [2.05, 4.69) is 4.98 Å². The average molecular weight is 198 g/mol. The van der Waals surface area contributed by atoms with Crippen LogP contribution in [0.3, 0.4) is 0 Å². The number of benzene rings is 1. The molecule has 2 aromatic rings. The SMILES string of the molecule is OCCn1cnc2cc(F)c(F)cc21. The van der Waals surface area contributed by atoms with Gasteiger partial charge in [-0.1, -0.05) is 0 Å². The molecule has 74 valence electrons. The molecule has 1 heterocycles. The van der Waals surface area contributed by atoms with Crippen molar-refractivity contribution in [1.82, 2.24) is 9.55 Å². The summed E-state index contributed by atoms with van der Waals surface area (Å²) in [6.07, 6.45) is 1.44. The maximum Gasteiger partial charge on any atom is 0.161 e. The van der Waals surface area contributed by atoms with Crippen LogP contribution in [0.15, 0.2) is 18.5 Å². The molecule has 0 saturated carbocycles. The predicted molar refractivity (Wildman–Crippen MR) is 46.7 cm³/mol. The number of halogens is 2. The van der Waals surface area contributed by atoms with Crippen molar-refractivity contribution in [2.24, 2.45) is 0 Å². The maximum absolute atomic E-state index is 12.9. The van der Waals surface area contributed by atoms with Crippen LogP contribution in [-0.2, 0) is 6.54 Å². The molecule has 1 N–H and O–H groups in total. The first-order chi connectivity index (χ1) is 6.72. The number of aliphatic hydroxyl groups is 1. The zero-order valence-corrected chi connectivity index (χ0v) is 7.24. The highest BCUT2D eigenvalue weighted by Crippen LogP contribution is 2.16. The summed E-state index contributed by atoms with van der Waals surface area (Å²) in [4.78, 5) is 3.88. The molecule has 3 nitrogen and oxygen atoms in total. The summed E-state index contributed by atoms with van der Waals surface area (Å²) in [7, 11) is 0. The van der Waals surface area contributed by atoms with Crippen molar-refractivity contribution < 1.29 is 13.9 Å². The molecule has 0 spiro atoms. The number of rotatable bonds is 2. The van der Waals surface area contributed by atoms with Gasteiger partial charge in [0.1, 0.15) is 0 Å². The fraction of sp³-hybridized carbons (Fsp3) is 0.222. The van der Waals surface area contributed by atoms with Gasteiger partial charge in [0.25, 0.3) is 0 Å². The van der Waals surface area contributed by atoms with Crippen LogP contribution in [0.2, 0.25) is 0 Å². The quantitative estimate of drug-likeness (QED) is 0.789. The molecule has 0 atom stereocenters. The van der Waals surface area contributed by atoms with E-state index in [1.165, 1.54) is 6.33 Å². The van der Waals surface area contributed by atoms with Gasteiger partial charge in [-0.3, -0.25) is 0 Å². The summed E-state index contributed by atoms with van der Waals surface area (Å²) in [5, 5.41) is 8.70. The van der Waals surface area contributed by atoms with Crippen LogP contribution >= 0.6 is 0 Å². The number of fused-ring (bicyclic) bond motifs is 1. The number of imidazole rings is 1. The number of aromatic nitrogens is 2. The third-order valence-corrected chi connectivity index (χ3v) is 2.00. The van der Waals surface area contributed by atoms with Crippen molar-refractivity contribution in [2.45, 2.75) is 6.54 Å². The molecule has 0 unspecified atom stereocenters. The van der Waals surface area contributed by atoms with Crippen molar-refractivity contribution in [3.8, 4) is 0 Å². The summed E-state index contributed by atoms with van der Waals surface area (Å²) in [5.74, 6) is -1.82. The van der Waals surface area contributed by atoms with Crippen molar-refractivity contribution in [2.75, 3.05) is 6.61 Å². The molecule has 0 bridgehead atoms. The Bertz CT molecular complexity index is 467. The maximum atomic E-state index is 12.9. The zero-order chi connectivity index (χ0) is 10.1. The van der Waals surface area contributed by atoms with E-state index in [4.69, 9.17) is 5.11 Å². The lowest BCUT2D eigenvalue weighted by molar-refractivity contribution is 0.277. The Hall–Kier alpha value is -1.49. The highest BCUT2D eigenvalue weighted by Gasteiger charge is 2.08. The Labute approximate surface area is 78.6 Å². The molecule has 1 aromatic heterocycles. The molecule has 1 aromatic carbocycles. The van der Waals surface area contributed by atoms with E-state index in [-0.39, 0.29) is 6.61 Å². The van der Waals surface area contributed by atoms with Crippen LogP contribution in [0.25, 0.3) is 11.0 Å². The molecule has 0 aliphatic carbocycles. The summed E-state index contributed by atoms with van der Waals surface area (Å²) in [5.41, 5.74) is 0.871. The van der Waals surface area contributed by atoms with Crippen LogP contribution < -0.4 is 0 Å². The first-order valence-corrected chi connectivity index (χ1v) is 4.13. The van der Waals surface area contributed by atoms with E-state index < -0.39 is 11.6 Å². The highest BCUT2D eigenvalue weighted by atomic mass is 19.2. The van der Waals surface area contributed by atoms with Gasteiger partial charge in [-0.15, -0.1) is 0 Å². The summed E-state index contributed by atoms with van der Waals surface area (Å²) in [6, 6.07) is 2.12. The van der Waals surface area contributed by atoms with Gasteiger partial charge in [0.05, 0.1) is 24.0 Å². The smallest absolute Gasteiger partial charge is 0.161 e. The Morgan fingerprint density at radius 2 is 2.00 bits per heavy atom. The second-order valence-electron chi connectivity index (χ2n) is 2.92. The van der Waals surface area contributed by atoms with Crippen molar-refractivity contribution in [3.05, 3.63) is 30.1 Å². The molecule has 0 amide bonds. The second-order valence-corrected chi connectivity index (χ2v) is 2.92. The largest absolute Gasteiger partial charge is 0.395 e. The summed E-state index contributed by atoms with van der Waals surface area (Å²) in [6.45, 7) is 0.256. The van der Waals surface area contributed by atoms with E-state index >= 15 is 0 Å². The Balaban J connectivity index is 2.61. The standard InChI is InChI=1S/C9H8F2N2O/c10-6-3-8-9(4-7(6)11)13(1-2-14)5-12-8/h3-5,14H,1-2H2. The molecule has 5 heteroatoms. The highest BCUT2D eigenvalue weighted by molar-refractivity contribution is 5.75. The molecule has 0 saturated heterocycles. The van der Waals surface area contributed by atoms with Crippen LogP contribution in [0.5, 0.6) is 0 Å². The van der Waals surface area contributed by atoms with Gasteiger partial charge in [0, 0.05) is 18.7 Å². The summed E-state index contributed by atoms with van der Waals surface area (Å²) < 4.78 is 27.2. The molecular formula is C9H8F2N2O. The number of hydrogen-bond acceptors (Lipinski definition) is 2. The lowest BCUT2D eigenvalue weighted by Crippen LogP contribution is -2.00. The molecule has 0 aliphatic heterocycles. The molecule has 0 aliphatic rings. The minimum atomic E-state index is -0.910. The van der Waals surface area contributed by atoms with Crippen molar-refractivity contribution in [1.29, 1.82) is 0 Å². The molecule has 2 rings (SSSR count). The minimum Gasteiger partial charge on any atom is -0.395 e. The van der Waals surface area contributed by atoms with Gasteiger partial charge in [-0.25, -0.2) is 13.8 Å². The molecular weight excluding hydrogens is 190 g/mol. The number of hydrogen-bond donors (Lipinski definition) is 1. The van der Waals surface area contributed by atoms with Gasteiger partial charge in [0.15, 0.2) is 11.6 Å². The van der Waals surface area contributed by atoms with E-state index in [0.717, 1.165) is 12.1 Å². The third-order valence-electron chi connectivity index (χ3n) is 2.00. The molecule has 0 fully saturated rings. The van der Waals surface area contributed by atoms with Crippen LogP contribution in [0.1, 0.15) is 0 Å². The topological polar surface area (TPSA) is 38.0 Å². The lowest BCUT2D eigenvalue weighted by Gasteiger charge is -2.00. The third kappa shape index (κ3) is 1.35. The Morgan fingerprint density at radius 1 is 1.29 bits per heavy atom. The van der Waals surface area contributed by atoms with Gasteiger partial charge >= 0.3 is 0 Å². The predicted octanol–water partition coefficient (Wildman–Crippen LogP) is 1.31. The van der Waals surface area contributed by atoms with Crippen LogP contribution in [-0.4, -0.2) is 21.3 Å². The first-order valence-electron chi connectivity index (χ1n) is 4.13.